The number of rotatable bonds is 4. The lowest BCUT2D eigenvalue weighted by molar-refractivity contribution is 0.0731. The van der Waals surface area contributed by atoms with Crippen molar-refractivity contribution in [3.8, 4) is 0 Å². The van der Waals surface area contributed by atoms with Gasteiger partial charge in [0.25, 0.3) is 0 Å². The molecule has 1 aliphatic carbocycles. The highest BCUT2D eigenvalue weighted by molar-refractivity contribution is 6.01. The van der Waals surface area contributed by atoms with Gasteiger partial charge in [0.1, 0.15) is 5.58 Å². The zero-order valence-corrected chi connectivity index (χ0v) is 12.3. The van der Waals surface area contributed by atoms with Crippen LogP contribution in [0.4, 0.5) is 0 Å². The number of carbonyl (C=O) groups excluding carboxylic acids is 1. The van der Waals surface area contributed by atoms with E-state index in [2.05, 4.69) is 13.8 Å². The van der Waals surface area contributed by atoms with Crippen molar-refractivity contribution in [3.05, 3.63) is 36.1 Å². The molecule has 0 atom stereocenters. The molecule has 106 valence electrons. The van der Waals surface area contributed by atoms with Crippen LogP contribution in [0.3, 0.4) is 0 Å². The van der Waals surface area contributed by atoms with Gasteiger partial charge in [-0.2, -0.15) is 0 Å². The van der Waals surface area contributed by atoms with Crippen LogP contribution >= 0.6 is 0 Å². The number of carbonyl (C=O) groups is 1. The fourth-order valence-electron chi connectivity index (χ4n) is 3.71. The number of furan rings is 1. The Labute approximate surface area is 120 Å². The smallest absolute Gasteiger partial charge is 0.204 e. The Morgan fingerprint density at radius 1 is 1.25 bits per heavy atom. The molecule has 0 bridgehead atoms. The summed E-state index contributed by atoms with van der Waals surface area (Å²) in [6.45, 7) is 4.40. The maximum atomic E-state index is 13.0. The lowest BCUT2D eigenvalue weighted by atomic mass is 9.74. The van der Waals surface area contributed by atoms with Gasteiger partial charge in [-0.25, -0.2) is 0 Å². The van der Waals surface area contributed by atoms with Crippen LogP contribution in [0.1, 0.15) is 56.5 Å². The van der Waals surface area contributed by atoms with Crippen molar-refractivity contribution in [3.63, 3.8) is 0 Å². The van der Waals surface area contributed by atoms with E-state index >= 15 is 0 Å². The normalized spacial score (nSPS) is 17.9. The van der Waals surface area contributed by atoms with E-state index in [9.17, 15) is 4.79 Å². The molecule has 2 nitrogen and oxygen atoms in total. The van der Waals surface area contributed by atoms with Gasteiger partial charge in [-0.05, 0) is 37.3 Å². The SMILES string of the molecule is CC(C)CC1(C(=O)c2cc3ccccc3o2)CCCC1. The summed E-state index contributed by atoms with van der Waals surface area (Å²) in [7, 11) is 0. The van der Waals surface area contributed by atoms with Gasteiger partial charge in [-0.15, -0.1) is 0 Å². The molecule has 1 fully saturated rings. The molecule has 2 aromatic rings. The Morgan fingerprint density at radius 3 is 2.60 bits per heavy atom. The number of Topliss-reactive ketones (excluding diaryl/α,β-unsaturated/α-hetero) is 1. The van der Waals surface area contributed by atoms with Gasteiger partial charge in [-0.3, -0.25) is 4.79 Å². The lowest BCUT2D eigenvalue weighted by Gasteiger charge is -2.28. The van der Waals surface area contributed by atoms with Crippen molar-refractivity contribution < 1.29 is 9.21 Å². The third kappa shape index (κ3) is 2.28. The molecule has 0 spiro atoms. The highest BCUT2D eigenvalue weighted by atomic mass is 16.3. The van der Waals surface area contributed by atoms with Crippen LogP contribution in [0.5, 0.6) is 0 Å². The first-order valence-electron chi connectivity index (χ1n) is 7.64. The minimum absolute atomic E-state index is 0.179. The summed E-state index contributed by atoms with van der Waals surface area (Å²) < 4.78 is 5.80. The van der Waals surface area contributed by atoms with E-state index < -0.39 is 0 Å². The third-order valence-electron chi connectivity index (χ3n) is 4.49. The van der Waals surface area contributed by atoms with E-state index in [1.165, 1.54) is 12.8 Å². The third-order valence-corrected chi connectivity index (χ3v) is 4.49. The largest absolute Gasteiger partial charge is 0.453 e. The van der Waals surface area contributed by atoms with Crippen LogP contribution in [-0.4, -0.2) is 5.78 Å². The summed E-state index contributed by atoms with van der Waals surface area (Å²) in [6.07, 6.45) is 5.34. The number of hydrogen-bond acceptors (Lipinski definition) is 2. The predicted molar refractivity (Wildman–Crippen MR) is 80.9 cm³/mol. The first kappa shape index (κ1) is 13.4. The fourth-order valence-corrected chi connectivity index (χ4v) is 3.71. The molecule has 0 aliphatic heterocycles. The number of fused-ring (bicyclic) bond motifs is 1. The minimum Gasteiger partial charge on any atom is -0.453 e. The Bertz CT molecular complexity index is 582. The van der Waals surface area contributed by atoms with Gasteiger partial charge in [0.15, 0.2) is 5.76 Å². The molecule has 1 aromatic carbocycles. The van der Waals surface area contributed by atoms with Gasteiger partial charge in [0, 0.05) is 10.8 Å². The van der Waals surface area contributed by atoms with Gasteiger partial charge in [-0.1, -0.05) is 44.9 Å². The second-order valence-electron chi connectivity index (χ2n) is 6.56. The zero-order chi connectivity index (χ0) is 14.2. The van der Waals surface area contributed by atoms with E-state index in [1.54, 1.807) is 0 Å². The topological polar surface area (TPSA) is 30.2 Å². The highest BCUT2D eigenvalue weighted by Crippen LogP contribution is 2.46. The molecule has 0 N–H and O–H groups in total. The maximum absolute atomic E-state index is 13.0. The first-order chi connectivity index (χ1) is 9.61. The standard InChI is InChI=1S/C18H22O2/c1-13(2)12-18(9-5-6-10-18)17(19)16-11-14-7-3-4-8-15(14)20-16/h3-4,7-8,11,13H,5-6,9-10,12H2,1-2H3. The molecule has 0 amide bonds. The molecule has 3 rings (SSSR count). The molecule has 20 heavy (non-hydrogen) atoms. The molecular formula is C18H22O2. The van der Waals surface area contributed by atoms with Gasteiger partial charge in [0.05, 0.1) is 0 Å². The summed E-state index contributed by atoms with van der Waals surface area (Å²) in [5.41, 5.74) is 0.635. The monoisotopic (exact) mass is 270 g/mol. The highest BCUT2D eigenvalue weighted by Gasteiger charge is 2.42. The predicted octanol–water partition coefficient (Wildman–Crippen LogP) is 5.22. The molecule has 2 heteroatoms. The second kappa shape index (κ2) is 5.08. The molecule has 1 aromatic heterocycles. The second-order valence-corrected chi connectivity index (χ2v) is 6.56. The number of ketones is 1. The summed E-state index contributed by atoms with van der Waals surface area (Å²) in [4.78, 5) is 13.0. The Morgan fingerprint density at radius 2 is 1.95 bits per heavy atom. The molecule has 0 unspecified atom stereocenters. The van der Waals surface area contributed by atoms with Crippen molar-refractivity contribution in [1.82, 2.24) is 0 Å². The average Bonchev–Trinajstić information content (AvgIpc) is 3.03. The Hall–Kier alpha value is -1.57. The lowest BCUT2D eigenvalue weighted by Crippen LogP contribution is -2.29. The molecule has 1 heterocycles. The number of hydrogen-bond donors (Lipinski definition) is 0. The summed E-state index contributed by atoms with van der Waals surface area (Å²) in [5.74, 6) is 1.31. The van der Waals surface area contributed by atoms with E-state index in [1.807, 2.05) is 30.3 Å². The molecule has 1 saturated carbocycles. The van der Waals surface area contributed by atoms with Crippen LogP contribution in [0.15, 0.2) is 34.7 Å². The van der Waals surface area contributed by atoms with Crippen molar-refractivity contribution >= 4 is 16.8 Å². The summed E-state index contributed by atoms with van der Waals surface area (Å²) >= 11 is 0. The molecule has 1 aliphatic rings. The van der Waals surface area contributed by atoms with Crippen LogP contribution in [-0.2, 0) is 0 Å². The fraction of sp³-hybridized carbons (Fsp3) is 0.500. The zero-order valence-electron chi connectivity index (χ0n) is 12.3. The van der Waals surface area contributed by atoms with Crippen LogP contribution in [0.2, 0.25) is 0 Å². The first-order valence-corrected chi connectivity index (χ1v) is 7.64. The number of para-hydroxylation sites is 1. The summed E-state index contributed by atoms with van der Waals surface area (Å²) in [6, 6.07) is 9.76. The number of benzene rings is 1. The van der Waals surface area contributed by atoms with Crippen molar-refractivity contribution in [2.45, 2.75) is 46.0 Å². The van der Waals surface area contributed by atoms with Crippen molar-refractivity contribution in [2.24, 2.45) is 11.3 Å². The minimum atomic E-state index is -0.179. The van der Waals surface area contributed by atoms with Gasteiger partial charge in [0.2, 0.25) is 5.78 Å². The Kier molecular flexibility index (Phi) is 3.41. The van der Waals surface area contributed by atoms with Crippen LogP contribution in [0, 0.1) is 11.3 Å². The van der Waals surface area contributed by atoms with Crippen molar-refractivity contribution in [1.29, 1.82) is 0 Å². The summed E-state index contributed by atoms with van der Waals surface area (Å²) in [5, 5.41) is 1.02. The molecule has 0 radical (unpaired) electrons. The Balaban J connectivity index is 1.96. The van der Waals surface area contributed by atoms with E-state index in [4.69, 9.17) is 4.42 Å². The van der Waals surface area contributed by atoms with Crippen LogP contribution in [0.25, 0.3) is 11.0 Å². The maximum Gasteiger partial charge on any atom is 0.204 e. The van der Waals surface area contributed by atoms with E-state index in [0.717, 1.165) is 30.2 Å². The van der Waals surface area contributed by atoms with Gasteiger partial charge < -0.3 is 4.42 Å². The van der Waals surface area contributed by atoms with Crippen molar-refractivity contribution in [2.75, 3.05) is 0 Å². The quantitative estimate of drug-likeness (QED) is 0.713. The van der Waals surface area contributed by atoms with E-state index in [0.29, 0.717) is 11.7 Å². The van der Waals surface area contributed by atoms with E-state index in [-0.39, 0.29) is 11.2 Å². The molecule has 0 saturated heterocycles. The van der Waals surface area contributed by atoms with Crippen LogP contribution < -0.4 is 0 Å². The molecular weight excluding hydrogens is 248 g/mol. The average molecular weight is 270 g/mol. The van der Waals surface area contributed by atoms with Gasteiger partial charge >= 0.3 is 0 Å².